The van der Waals surface area contributed by atoms with Gasteiger partial charge in [0, 0.05) is 31.9 Å². The number of hydrogen-bond acceptors (Lipinski definition) is 4. The van der Waals surface area contributed by atoms with Gasteiger partial charge in [-0.05, 0) is 18.6 Å². The third kappa shape index (κ3) is 3.70. The van der Waals surface area contributed by atoms with Crippen LogP contribution in [0.25, 0.3) is 0 Å². The molecule has 1 atom stereocenters. The number of anilines is 1. The van der Waals surface area contributed by atoms with Crippen LogP contribution in [0.1, 0.15) is 12.5 Å². The van der Waals surface area contributed by atoms with Crippen LogP contribution >= 0.6 is 0 Å². The fourth-order valence-electron chi connectivity index (χ4n) is 2.19. The number of para-hydroxylation sites is 1. The molecule has 0 amide bonds. The lowest BCUT2D eigenvalue weighted by atomic mass is 10.1. The van der Waals surface area contributed by atoms with Gasteiger partial charge in [-0.3, -0.25) is 0 Å². The smallest absolute Gasteiger partial charge is 0.0642 e. The molecule has 0 aromatic heterocycles. The Morgan fingerprint density at radius 2 is 2.06 bits per heavy atom. The zero-order valence-electron chi connectivity index (χ0n) is 10.9. The van der Waals surface area contributed by atoms with Crippen LogP contribution in [-0.2, 0) is 11.3 Å². The van der Waals surface area contributed by atoms with Crippen molar-refractivity contribution in [3.8, 4) is 0 Å². The minimum atomic E-state index is -0.305. The van der Waals surface area contributed by atoms with Crippen LogP contribution < -0.4 is 10.2 Å². The maximum atomic E-state index is 9.26. The van der Waals surface area contributed by atoms with E-state index in [-0.39, 0.29) is 6.10 Å². The van der Waals surface area contributed by atoms with Gasteiger partial charge in [0.15, 0.2) is 0 Å². The Bertz CT molecular complexity index is 363. The second kappa shape index (κ2) is 6.73. The Balaban J connectivity index is 2.00. The first-order chi connectivity index (χ1) is 8.77. The summed E-state index contributed by atoms with van der Waals surface area (Å²) in [6.45, 7) is 6.71. The zero-order valence-corrected chi connectivity index (χ0v) is 10.9. The maximum Gasteiger partial charge on any atom is 0.0642 e. The van der Waals surface area contributed by atoms with Gasteiger partial charge in [0.1, 0.15) is 0 Å². The summed E-state index contributed by atoms with van der Waals surface area (Å²) < 4.78 is 5.38. The van der Waals surface area contributed by atoms with Gasteiger partial charge in [-0.15, -0.1) is 0 Å². The first kappa shape index (κ1) is 13.3. The van der Waals surface area contributed by atoms with Gasteiger partial charge in [-0.2, -0.15) is 0 Å². The standard InChI is InChI=1S/C14H22N2O2/c1-12(17)10-15-11-13-4-2-3-5-14(13)16-6-8-18-9-7-16/h2-5,12,15,17H,6-11H2,1H3. The van der Waals surface area contributed by atoms with E-state index in [1.165, 1.54) is 11.3 Å². The van der Waals surface area contributed by atoms with Crippen LogP contribution in [0.5, 0.6) is 0 Å². The number of aliphatic hydroxyl groups excluding tert-OH is 1. The van der Waals surface area contributed by atoms with Crippen molar-refractivity contribution in [2.24, 2.45) is 0 Å². The number of nitrogens with one attached hydrogen (secondary N) is 1. The van der Waals surface area contributed by atoms with Gasteiger partial charge in [-0.25, -0.2) is 0 Å². The molecule has 1 aromatic carbocycles. The van der Waals surface area contributed by atoms with Crippen molar-refractivity contribution in [3.63, 3.8) is 0 Å². The predicted molar refractivity (Wildman–Crippen MR) is 72.9 cm³/mol. The van der Waals surface area contributed by atoms with Crippen molar-refractivity contribution in [2.75, 3.05) is 37.7 Å². The highest BCUT2D eigenvalue weighted by atomic mass is 16.5. The van der Waals surface area contributed by atoms with Crippen molar-refractivity contribution < 1.29 is 9.84 Å². The number of nitrogens with zero attached hydrogens (tertiary/aromatic N) is 1. The van der Waals surface area contributed by atoms with E-state index >= 15 is 0 Å². The number of aliphatic hydroxyl groups is 1. The second-order valence-electron chi connectivity index (χ2n) is 4.71. The number of benzene rings is 1. The van der Waals surface area contributed by atoms with Crippen LogP contribution in [-0.4, -0.2) is 44.1 Å². The minimum Gasteiger partial charge on any atom is -0.392 e. The van der Waals surface area contributed by atoms with E-state index in [0.717, 1.165) is 32.8 Å². The predicted octanol–water partition coefficient (Wildman–Crippen LogP) is 0.994. The Kier molecular flexibility index (Phi) is 4.99. The van der Waals surface area contributed by atoms with E-state index < -0.39 is 0 Å². The van der Waals surface area contributed by atoms with Crippen molar-refractivity contribution in [3.05, 3.63) is 29.8 Å². The van der Waals surface area contributed by atoms with Gasteiger partial charge in [0.05, 0.1) is 19.3 Å². The van der Waals surface area contributed by atoms with Crippen LogP contribution in [0, 0.1) is 0 Å². The minimum absolute atomic E-state index is 0.305. The normalized spacial score (nSPS) is 17.8. The summed E-state index contributed by atoms with van der Waals surface area (Å²) in [6, 6.07) is 8.43. The molecule has 0 radical (unpaired) electrons. The lowest BCUT2D eigenvalue weighted by Crippen LogP contribution is -2.37. The fourth-order valence-corrected chi connectivity index (χ4v) is 2.19. The van der Waals surface area contributed by atoms with E-state index in [1.54, 1.807) is 6.92 Å². The van der Waals surface area contributed by atoms with Crippen molar-refractivity contribution in [1.29, 1.82) is 0 Å². The molecular weight excluding hydrogens is 228 g/mol. The first-order valence-electron chi connectivity index (χ1n) is 6.57. The van der Waals surface area contributed by atoms with Crippen LogP contribution in [0.15, 0.2) is 24.3 Å². The quantitative estimate of drug-likeness (QED) is 0.818. The molecule has 1 aromatic rings. The summed E-state index contributed by atoms with van der Waals surface area (Å²) in [5.41, 5.74) is 2.55. The van der Waals surface area contributed by atoms with Gasteiger partial charge in [-0.1, -0.05) is 18.2 Å². The fraction of sp³-hybridized carbons (Fsp3) is 0.571. The molecule has 2 N–H and O–H groups in total. The number of morpholine rings is 1. The highest BCUT2D eigenvalue weighted by Gasteiger charge is 2.13. The van der Waals surface area contributed by atoms with Crippen molar-refractivity contribution >= 4 is 5.69 Å². The second-order valence-corrected chi connectivity index (χ2v) is 4.71. The molecule has 100 valence electrons. The Morgan fingerprint density at radius 1 is 1.33 bits per heavy atom. The molecule has 1 heterocycles. The highest BCUT2D eigenvalue weighted by molar-refractivity contribution is 5.53. The molecule has 1 aliphatic rings. The van der Waals surface area contributed by atoms with E-state index in [9.17, 15) is 5.11 Å². The Hall–Kier alpha value is -1.10. The molecule has 1 unspecified atom stereocenters. The average Bonchev–Trinajstić information content (AvgIpc) is 2.40. The first-order valence-corrected chi connectivity index (χ1v) is 6.57. The molecule has 0 bridgehead atoms. The average molecular weight is 250 g/mol. The van der Waals surface area contributed by atoms with Crippen molar-refractivity contribution in [2.45, 2.75) is 19.6 Å². The van der Waals surface area contributed by atoms with Gasteiger partial charge in [0.25, 0.3) is 0 Å². The molecule has 1 fully saturated rings. The monoisotopic (exact) mass is 250 g/mol. The number of rotatable bonds is 5. The molecule has 1 aliphatic heterocycles. The molecule has 0 aliphatic carbocycles. The summed E-state index contributed by atoms with van der Waals surface area (Å²) >= 11 is 0. The molecule has 0 spiro atoms. The van der Waals surface area contributed by atoms with Crippen LogP contribution in [0.2, 0.25) is 0 Å². The maximum absolute atomic E-state index is 9.26. The van der Waals surface area contributed by atoms with E-state index in [2.05, 4.69) is 34.5 Å². The highest BCUT2D eigenvalue weighted by Crippen LogP contribution is 2.21. The Labute approximate surface area is 109 Å². The molecule has 1 saturated heterocycles. The molecular formula is C14H22N2O2. The van der Waals surface area contributed by atoms with Crippen LogP contribution in [0.3, 0.4) is 0 Å². The van der Waals surface area contributed by atoms with Gasteiger partial charge < -0.3 is 20.1 Å². The Morgan fingerprint density at radius 3 is 2.78 bits per heavy atom. The summed E-state index contributed by atoms with van der Waals surface area (Å²) in [4.78, 5) is 2.36. The third-order valence-corrected chi connectivity index (χ3v) is 3.10. The molecule has 2 rings (SSSR count). The topological polar surface area (TPSA) is 44.7 Å². The van der Waals surface area contributed by atoms with E-state index in [1.807, 2.05) is 0 Å². The SMILES string of the molecule is CC(O)CNCc1ccccc1N1CCOCC1. The molecule has 4 nitrogen and oxygen atoms in total. The van der Waals surface area contributed by atoms with E-state index in [0.29, 0.717) is 6.54 Å². The largest absolute Gasteiger partial charge is 0.392 e. The third-order valence-electron chi connectivity index (χ3n) is 3.10. The molecule has 0 saturated carbocycles. The summed E-state index contributed by atoms with van der Waals surface area (Å²) in [5, 5.41) is 12.5. The van der Waals surface area contributed by atoms with Crippen LogP contribution in [0.4, 0.5) is 5.69 Å². The summed E-state index contributed by atoms with van der Waals surface area (Å²) in [5.74, 6) is 0. The van der Waals surface area contributed by atoms with Crippen molar-refractivity contribution in [1.82, 2.24) is 5.32 Å². The van der Waals surface area contributed by atoms with Gasteiger partial charge in [0.2, 0.25) is 0 Å². The lowest BCUT2D eigenvalue weighted by Gasteiger charge is -2.30. The number of ether oxygens (including phenoxy) is 1. The molecule has 18 heavy (non-hydrogen) atoms. The number of hydrogen-bond donors (Lipinski definition) is 2. The molecule has 4 heteroatoms. The van der Waals surface area contributed by atoms with Gasteiger partial charge >= 0.3 is 0 Å². The summed E-state index contributed by atoms with van der Waals surface area (Å²) in [6.07, 6.45) is -0.305. The summed E-state index contributed by atoms with van der Waals surface area (Å²) in [7, 11) is 0. The van der Waals surface area contributed by atoms with E-state index in [4.69, 9.17) is 4.74 Å². The lowest BCUT2D eigenvalue weighted by molar-refractivity contribution is 0.122. The zero-order chi connectivity index (χ0) is 12.8.